The van der Waals surface area contributed by atoms with Crippen LogP contribution in [0.1, 0.15) is 26.2 Å². The van der Waals surface area contributed by atoms with Crippen molar-refractivity contribution in [1.29, 1.82) is 0 Å². The third-order valence-corrected chi connectivity index (χ3v) is 3.91. The van der Waals surface area contributed by atoms with Gasteiger partial charge < -0.3 is 14.9 Å². The number of likely N-dealkylation sites (tertiary alicyclic amines) is 1. The quantitative estimate of drug-likeness (QED) is 0.791. The Kier molecular flexibility index (Phi) is 5.40. The maximum Gasteiger partial charge on any atom is 0.308 e. The number of aliphatic carboxylic acids is 1. The molecule has 0 radical (unpaired) electrons. The minimum Gasteiger partial charge on any atom is -0.481 e. The summed E-state index contributed by atoms with van der Waals surface area (Å²) in [5.41, 5.74) is 0. The zero-order valence-electron chi connectivity index (χ0n) is 11.5. The highest BCUT2D eigenvalue weighted by molar-refractivity contribution is 5.70. The van der Waals surface area contributed by atoms with Gasteiger partial charge in [-0.1, -0.05) is 6.92 Å². The first-order valence-corrected chi connectivity index (χ1v) is 6.55. The van der Waals surface area contributed by atoms with Crippen LogP contribution in [-0.4, -0.2) is 61.2 Å². The Bertz CT molecular complexity index is 256. The second kappa shape index (κ2) is 6.36. The molecular weight excluding hydrogens is 216 g/mol. The van der Waals surface area contributed by atoms with Crippen molar-refractivity contribution in [2.45, 2.75) is 32.2 Å². The summed E-state index contributed by atoms with van der Waals surface area (Å²) in [7, 11) is 6.14. The van der Waals surface area contributed by atoms with Gasteiger partial charge in [0.05, 0.1) is 5.92 Å². The van der Waals surface area contributed by atoms with Crippen LogP contribution in [0.2, 0.25) is 0 Å². The van der Waals surface area contributed by atoms with Crippen molar-refractivity contribution < 1.29 is 9.90 Å². The van der Waals surface area contributed by atoms with Crippen LogP contribution in [0.25, 0.3) is 0 Å². The third-order valence-electron chi connectivity index (χ3n) is 3.91. The van der Waals surface area contributed by atoms with Crippen LogP contribution in [0.3, 0.4) is 0 Å². The average molecular weight is 242 g/mol. The van der Waals surface area contributed by atoms with Gasteiger partial charge in [0, 0.05) is 12.6 Å². The lowest BCUT2D eigenvalue weighted by atomic mass is 9.81. The number of piperidine rings is 1. The van der Waals surface area contributed by atoms with E-state index in [1.165, 1.54) is 6.42 Å². The number of carboxylic acid groups (broad SMARTS) is 1. The molecule has 1 N–H and O–H groups in total. The summed E-state index contributed by atoms with van der Waals surface area (Å²) in [6.07, 6.45) is 3.04. The lowest BCUT2D eigenvalue weighted by molar-refractivity contribution is -0.145. The Morgan fingerprint density at radius 3 is 2.59 bits per heavy atom. The normalized spacial score (nSPS) is 25.8. The molecule has 1 aliphatic rings. The van der Waals surface area contributed by atoms with Gasteiger partial charge >= 0.3 is 5.97 Å². The first-order chi connectivity index (χ1) is 7.97. The highest BCUT2D eigenvalue weighted by atomic mass is 16.4. The summed E-state index contributed by atoms with van der Waals surface area (Å²) in [4.78, 5) is 15.8. The summed E-state index contributed by atoms with van der Waals surface area (Å²) in [5.74, 6) is -0.425. The molecule has 3 atom stereocenters. The van der Waals surface area contributed by atoms with Crippen molar-refractivity contribution in [1.82, 2.24) is 9.80 Å². The molecule has 0 amide bonds. The van der Waals surface area contributed by atoms with E-state index in [0.717, 1.165) is 19.5 Å². The maximum absolute atomic E-state index is 11.4. The maximum atomic E-state index is 11.4. The second-order valence-corrected chi connectivity index (χ2v) is 5.47. The molecule has 1 rings (SSSR count). The predicted octanol–water partition coefficient (Wildman–Crippen LogP) is 1.37. The molecule has 0 aromatic rings. The van der Waals surface area contributed by atoms with E-state index in [4.69, 9.17) is 0 Å². The molecule has 4 heteroatoms. The fraction of sp³-hybridized carbons (Fsp3) is 0.923. The number of nitrogens with zero attached hydrogens (tertiary/aromatic N) is 2. The molecule has 1 saturated heterocycles. The number of carboxylic acids is 1. The summed E-state index contributed by atoms with van der Waals surface area (Å²) >= 11 is 0. The zero-order chi connectivity index (χ0) is 13.0. The van der Waals surface area contributed by atoms with Crippen LogP contribution < -0.4 is 0 Å². The first-order valence-electron chi connectivity index (χ1n) is 6.55. The number of rotatable bonds is 5. The van der Waals surface area contributed by atoms with Gasteiger partial charge in [0.1, 0.15) is 0 Å². The van der Waals surface area contributed by atoms with Gasteiger partial charge in [0.15, 0.2) is 0 Å². The third kappa shape index (κ3) is 3.68. The Morgan fingerprint density at radius 2 is 2.18 bits per heavy atom. The smallest absolute Gasteiger partial charge is 0.308 e. The fourth-order valence-corrected chi connectivity index (χ4v) is 3.16. The molecule has 17 heavy (non-hydrogen) atoms. The fourth-order valence-electron chi connectivity index (χ4n) is 3.16. The minimum absolute atomic E-state index is 0.153. The van der Waals surface area contributed by atoms with Crippen LogP contribution in [0.4, 0.5) is 0 Å². The van der Waals surface area contributed by atoms with Crippen LogP contribution in [0.5, 0.6) is 0 Å². The molecular formula is C13H26N2O2. The molecule has 1 aliphatic heterocycles. The summed E-state index contributed by atoms with van der Waals surface area (Å²) in [6.45, 7) is 4.13. The number of carbonyl (C=O) groups is 1. The first kappa shape index (κ1) is 14.5. The Morgan fingerprint density at radius 1 is 1.53 bits per heavy atom. The lowest BCUT2D eigenvalue weighted by Gasteiger charge is -2.40. The minimum atomic E-state index is -0.653. The molecule has 0 bridgehead atoms. The SMILES string of the molecule is CCC(C(=O)O)C(C1CCCN(C)C1)N(C)C. The van der Waals surface area contributed by atoms with Crippen molar-refractivity contribution in [3.8, 4) is 0 Å². The predicted molar refractivity (Wildman–Crippen MR) is 69.1 cm³/mol. The van der Waals surface area contributed by atoms with Gasteiger partial charge in [-0.05, 0) is 52.9 Å². The van der Waals surface area contributed by atoms with E-state index in [1.54, 1.807) is 0 Å². The molecule has 0 saturated carbocycles. The summed E-state index contributed by atoms with van der Waals surface area (Å²) in [5, 5.41) is 9.35. The number of hydrogen-bond donors (Lipinski definition) is 1. The van der Waals surface area contributed by atoms with E-state index in [-0.39, 0.29) is 12.0 Å². The van der Waals surface area contributed by atoms with E-state index in [2.05, 4.69) is 16.8 Å². The topological polar surface area (TPSA) is 43.8 Å². The van der Waals surface area contributed by atoms with Gasteiger partial charge in [0.2, 0.25) is 0 Å². The molecule has 1 fully saturated rings. The molecule has 0 spiro atoms. The van der Waals surface area contributed by atoms with Crippen molar-refractivity contribution >= 4 is 5.97 Å². The Hall–Kier alpha value is -0.610. The molecule has 0 aromatic carbocycles. The standard InChI is InChI=1S/C13H26N2O2/c1-5-11(13(16)17)12(14(2)3)10-7-6-8-15(4)9-10/h10-12H,5-9H2,1-4H3,(H,16,17). The second-order valence-electron chi connectivity index (χ2n) is 5.47. The lowest BCUT2D eigenvalue weighted by Crippen LogP contribution is -2.49. The Balaban J connectivity index is 2.80. The van der Waals surface area contributed by atoms with Gasteiger partial charge in [-0.25, -0.2) is 0 Å². The van der Waals surface area contributed by atoms with Crippen molar-refractivity contribution in [2.24, 2.45) is 11.8 Å². The molecule has 0 aromatic heterocycles. The van der Waals surface area contributed by atoms with Crippen molar-refractivity contribution in [3.63, 3.8) is 0 Å². The summed E-state index contributed by atoms with van der Waals surface area (Å²) < 4.78 is 0. The monoisotopic (exact) mass is 242 g/mol. The van der Waals surface area contributed by atoms with Gasteiger partial charge in [-0.2, -0.15) is 0 Å². The molecule has 3 unspecified atom stereocenters. The molecule has 0 aliphatic carbocycles. The molecule has 4 nitrogen and oxygen atoms in total. The van der Waals surface area contributed by atoms with E-state index in [9.17, 15) is 9.90 Å². The molecule has 100 valence electrons. The Labute approximate surface area is 105 Å². The van der Waals surface area contributed by atoms with Gasteiger partial charge in [-0.3, -0.25) is 4.79 Å². The van der Waals surface area contributed by atoms with Crippen LogP contribution in [0, 0.1) is 11.8 Å². The van der Waals surface area contributed by atoms with Crippen molar-refractivity contribution in [2.75, 3.05) is 34.2 Å². The van der Waals surface area contributed by atoms with Gasteiger partial charge in [0.25, 0.3) is 0 Å². The summed E-state index contributed by atoms with van der Waals surface area (Å²) in [6, 6.07) is 0.153. The highest BCUT2D eigenvalue weighted by Gasteiger charge is 2.36. The van der Waals surface area contributed by atoms with E-state index in [0.29, 0.717) is 12.3 Å². The highest BCUT2D eigenvalue weighted by Crippen LogP contribution is 2.28. The van der Waals surface area contributed by atoms with Crippen molar-refractivity contribution in [3.05, 3.63) is 0 Å². The van der Waals surface area contributed by atoms with E-state index < -0.39 is 5.97 Å². The van der Waals surface area contributed by atoms with Crippen LogP contribution >= 0.6 is 0 Å². The van der Waals surface area contributed by atoms with Gasteiger partial charge in [-0.15, -0.1) is 0 Å². The average Bonchev–Trinajstić information content (AvgIpc) is 2.24. The van der Waals surface area contributed by atoms with Crippen LogP contribution in [-0.2, 0) is 4.79 Å². The van der Waals surface area contributed by atoms with Crippen LogP contribution in [0.15, 0.2) is 0 Å². The zero-order valence-corrected chi connectivity index (χ0v) is 11.5. The van der Waals surface area contributed by atoms with E-state index in [1.807, 2.05) is 21.0 Å². The van der Waals surface area contributed by atoms with E-state index >= 15 is 0 Å². The number of hydrogen-bond acceptors (Lipinski definition) is 3. The molecule has 1 heterocycles. The largest absolute Gasteiger partial charge is 0.481 e.